The van der Waals surface area contributed by atoms with Crippen LogP contribution in [0.5, 0.6) is 0 Å². The van der Waals surface area contributed by atoms with Crippen LogP contribution in [0.2, 0.25) is 5.02 Å². The number of carbonyl (C=O) groups is 1. The fourth-order valence-corrected chi connectivity index (χ4v) is 3.03. The Labute approximate surface area is 146 Å². The summed E-state index contributed by atoms with van der Waals surface area (Å²) < 4.78 is 38.3. The minimum absolute atomic E-state index is 0.495. The first-order valence-corrected chi connectivity index (χ1v) is 8.25. The van der Waals surface area contributed by atoms with E-state index in [1.54, 1.807) is 29.1 Å². The zero-order valence-electron chi connectivity index (χ0n) is 12.9. The Morgan fingerprint density at radius 3 is 2.83 bits per heavy atom. The summed E-state index contributed by atoms with van der Waals surface area (Å²) in [5.74, 6) is -0.699. The first-order chi connectivity index (χ1) is 11.2. The van der Waals surface area contributed by atoms with Crippen LogP contribution in [-0.4, -0.2) is 33.4 Å². The normalized spacial score (nSPS) is 12.9. The van der Waals surface area contributed by atoms with Crippen LogP contribution < -0.4 is 5.32 Å². The van der Waals surface area contributed by atoms with E-state index in [2.05, 4.69) is 4.98 Å². The van der Waals surface area contributed by atoms with Crippen molar-refractivity contribution in [3.63, 3.8) is 0 Å². The molecule has 1 unspecified atom stereocenters. The van der Waals surface area contributed by atoms with E-state index < -0.39 is 23.9 Å². The third-order valence-electron chi connectivity index (χ3n) is 3.22. The number of amides is 1. The van der Waals surface area contributed by atoms with E-state index in [1.807, 2.05) is 18.3 Å². The summed E-state index contributed by atoms with van der Waals surface area (Å²) in [7, 11) is 0. The topological polar surface area (TPSA) is 46.9 Å². The molecule has 1 atom stereocenters. The molecule has 0 spiro atoms. The summed E-state index contributed by atoms with van der Waals surface area (Å²) in [6.07, 6.45) is -1.17. The molecule has 24 heavy (non-hydrogen) atoms. The molecule has 0 aliphatic rings. The second-order valence-corrected chi connectivity index (χ2v) is 6.77. The zero-order valence-corrected chi connectivity index (χ0v) is 14.5. The first-order valence-electron chi connectivity index (χ1n) is 6.99. The van der Waals surface area contributed by atoms with Gasteiger partial charge in [-0.3, -0.25) is 9.36 Å². The number of thioether (sulfide) groups is 1. The summed E-state index contributed by atoms with van der Waals surface area (Å²) >= 11 is 7.19. The van der Waals surface area contributed by atoms with Crippen molar-refractivity contribution in [2.75, 3.05) is 6.54 Å². The summed E-state index contributed by atoms with van der Waals surface area (Å²) in [5.41, 5.74) is 1.64. The van der Waals surface area contributed by atoms with Crippen LogP contribution >= 0.6 is 23.4 Å². The van der Waals surface area contributed by atoms with Gasteiger partial charge in [-0.15, -0.1) is 0 Å². The van der Waals surface area contributed by atoms with Crippen LogP contribution in [0.15, 0.2) is 35.7 Å². The average Bonchev–Trinajstić information content (AvgIpc) is 2.94. The molecule has 2 aromatic rings. The lowest BCUT2D eigenvalue weighted by molar-refractivity contribution is -0.137. The number of halogens is 4. The Hall–Kier alpha value is -1.67. The summed E-state index contributed by atoms with van der Waals surface area (Å²) in [5, 5.41) is 2.23. The van der Waals surface area contributed by atoms with Crippen molar-refractivity contribution in [2.24, 2.45) is 0 Å². The lowest BCUT2D eigenvalue weighted by Crippen LogP contribution is -2.38. The Morgan fingerprint density at radius 2 is 2.17 bits per heavy atom. The highest BCUT2D eigenvalue weighted by Gasteiger charge is 2.29. The molecule has 0 saturated carbocycles. The number of hydrogen-bond donors (Lipinski definition) is 1. The van der Waals surface area contributed by atoms with E-state index in [1.165, 1.54) is 6.92 Å². The van der Waals surface area contributed by atoms with Gasteiger partial charge in [-0.2, -0.15) is 13.2 Å². The van der Waals surface area contributed by atoms with Crippen molar-refractivity contribution in [3.05, 3.63) is 41.2 Å². The number of nitrogens with zero attached hydrogens (tertiary/aromatic N) is 2. The van der Waals surface area contributed by atoms with Crippen LogP contribution in [0.3, 0.4) is 0 Å². The minimum Gasteiger partial charge on any atom is -0.346 e. The van der Waals surface area contributed by atoms with Gasteiger partial charge in [0.2, 0.25) is 5.91 Å². The molecule has 2 rings (SSSR count). The fourth-order valence-electron chi connectivity index (χ4n) is 1.96. The predicted octanol–water partition coefficient (Wildman–Crippen LogP) is 3.99. The highest BCUT2D eigenvalue weighted by molar-refractivity contribution is 8.00. The minimum atomic E-state index is -4.43. The zero-order chi connectivity index (χ0) is 17.9. The molecule has 0 bridgehead atoms. The van der Waals surface area contributed by atoms with E-state index in [0.717, 1.165) is 23.0 Å². The summed E-state index contributed by atoms with van der Waals surface area (Å²) in [6, 6.07) is 5.40. The number of alkyl halides is 3. The Kier molecular flexibility index (Phi) is 5.82. The Balaban J connectivity index is 2.13. The van der Waals surface area contributed by atoms with Gasteiger partial charge in [0.15, 0.2) is 5.16 Å². The third-order valence-corrected chi connectivity index (χ3v) is 4.71. The first kappa shape index (κ1) is 18.7. The summed E-state index contributed by atoms with van der Waals surface area (Å²) in [4.78, 5) is 16.0. The van der Waals surface area contributed by atoms with E-state index in [4.69, 9.17) is 11.6 Å². The Morgan fingerprint density at radius 1 is 1.46 bits per heavy atom. The lowest BCUT2D eigenvalue weighted by Gasteiger charge is -2.15. The van der Waals surface area contributed by atoms with E-state index in [9.17, 15) is 18.0 Å². The molecule has 1 N–H and O–H groups in total. The number of hydrogen-bond acceptors (Lipinski definition) is 3. The molecule has 0 aliphatic carbocycles. The number of nitrogens with one attached hydrogen (secondary N) is 1. The molecule has 0 fully saturated rings. The molecule has 1 heterocycles. The Bertz CT molecular complexity index is 733. The maximum atomic E-state index is 12.2. The molecule has 1 aromatic carbocycles. The van der Waals surface area contributed by atoms with Gasteiger partial charge >= 0.3 is 6.18 Å². The van der Waals surface area contributed by atoms with Crippen molar-refractivity contribution >= 4 is 29.3 Å². The van der Waals surface area contributed by atoms with E-state index >= 15 is 0 Å². The van der Waals surface area contributed by atoms with Crippen LogP contribution in [0, 0.1) is 6.92 Å². The number of benzene rings is 1. The monoisotopic (exact) mass is 377 g/mol. The highest BCUT2D eigenvalue weighted by Crippen LogP contribution is 2.28. The second-order valence-electron chi connectivity index (χ2n) is 5.06. The maximum absolute atomic E-state index is 12.2. The molecular formula is C15H15ClF3N3OS. The van der Waals surface area contributed by atoms with Crippen molar-refractivity contribution < 1.29 is 18.0 Å². The van der Waals surface area contributed by atoms with Gasteiger partial charge < -0.3 is 5.32 Å². The largest absolute Gasteiger partial charge is 0.405 e. The van der Waals surface area contributed by atoms with Gasteiger partial charge in [-0.25, -0.2) is 4.98 Å². The SMILES string of the molecule is Cc1c(Cl)cccc1-n1ccnc1SC(C)C(=O)NCC(F)(F)F. The predicted molar refractivity (Wildman–Crippen MR) is 87.7 cm³/mol. The number of carbonyl (C=O) groups excluding carboxylic acids is 1. The van der Waals surface area contributed by atoms with Gasteiger partial charge in [0.05, 0.1) is 10.9 Å². The third kappa shape index (κ3) is 4.67. The molecule has 0 aliphatic heterocycles. The molecule has 1 amide bonds. The van der Waals surface area contributed by atoms with Crippen LogP contribution in [0.4, 0.5) is 13.2 Å². The van der Waals surface area contributed by atoms with Crippen molar-refractivity contribution in [1.29, 1.82) is 0 Å². The van der Waals surface area contributed by atoms with Crippen LogP contribution in [-0.2, 0) is 4.79 Å². The highest BCUT2D eigenvalue weighted by atomic mass is 35.5. The number of aromatic nitrogens is 2. The second kappa shape index (κ2) is 7.48. The van der Waals surface area contributed by atoms with Gasteiger partial charge in [-0.1, -0.05) is 29.4 Å². The quantitative estimate of drug-likeness (QED) is 0.801. The van der Waals surface area contributed by atoms with E-state index in [0.29, 0.717) is 10.2 Å². The fraction of sp³-hybridized carbons (Fsp3) is 0.333. The number of imidazole rings is 1. The molecule has 9 heteroatoms. The lowest BCUT2D eigenvalue weighted by atomic mass is 10.2. The van der Waals surface area contributed by atoms with Crippen molar-refractivity contribution in [3.8, 4) is 5.69 Å². The van der Waals surface area contributed by atoms with Crippen LogP contribution in [0.1, 0.15) is 12.5 Å². The van der Waals surface area contributed by atoms with Crippen LogP contribution in [0.25, 0.3) is 5.69 Å². The van der Waals surface area contributed by atoms with Gasteiger partial charge in [0, 0.05) is 17.4 Å². The van der Waals surface area contributed by atoms with Gasteiger partial charge in [0.25, 0.3) is 0 Å². The number of rotatable bonds is 5. The summed E-state index contributed by atoms with van der Waals surface area (Å²) in [6.45, 7) is 2.03. The maximum Gasteiger partial charge on any atom is 0.405 e. The van der Waals surface area contributed by atoms with E-state index in [-0.39, 0.29) is 0 Å². The molecule has 4 nitrogen and oxygen atoms in total. The molecule has 0 radical (unpaired) electrons. The standard InChI is InChI=1S/C15H15ClF3N3OS/c1-9-11(16)4-3-5-12(9)22-7-6-20-14(22)24-10(2)13(23)21-8-15(17,18)19/h3-7,10H,8H2,1-2H3,(H,21,23). The van der Waals surface area contributed by atoms with Crippen molar-refractivity contribution in [1.82, 2.24) is 14.9 Å². The average molecular weight is 378 g/mol. The molecular weight excluding hydrogens is 363 g/mol. The molecule has 130 valence electrons. The van der Waals surface area contributed by atoms with Gasteiger partial charge in [0.1, 0.15) is 6.54 Å². The molecule has 0 saturated heterocycles. The van der Waals surface area contributed by atoms with Crippen molar-refractivity contribution in [2.45, 2.75) is 30.4 Å². The molecule has 1 aromatic heterocycles. The van der Waals surface area contributed by atoms with Gasteiger partial charge in [-0.05, 0) is 31.5 Å². The smallest absolute Gasteiger partial charge is 0.346 e.